The SMILES string of the molecule is COc1ccc(OC)c(Nc2ncnc(N(C)C)c2[N+](=O)[O-])c1. The molecule has 1 aromatic heterocycles. The molecule has 2 aromatic rings. The van der Waals surface area contributed by atoms with E-state index in [1.807, 2.05) is 0 Å². The number of ether oxygens (including phenoxy) is 2. The third-order valence-corrected chi connectivity index (χ3v) is 3.07. The standard InChI is InChI=1S/C14H17N5O4/c1-18(2)14-12(19(20)21)13(15-8-16-14)17-10-7-9(22-3)5-6-11(10)23-4/h5-8H,1-4H3,(H,15,16,17). The quantitative estimate of drug-likeness (QED) is 0.638. The second-order valence-corrected chi connectivity index (χ2v) is 4.74. The summed E-state index contributed by atoms with van der Waals surface area (Å²) in [4.78, 5) is 20.4. The molecule has 0 atom stereocenters. The van der Waals surface area contributed by atoms with Gasteiger partial charge >= 0.3 is 5.69 Å². The molecule has 9 heteroatoms. The predicted octanol–water partition coefficient (Wildman–Crippen LogP) is 2.21. The highest BCUT2D eigenvalue weighted by molar-refractivity contribution is 5.76. The molecule has 0 aliphatic rings. The Morgan fingerprint density at radius 2 is 1.96 bits per heavy atom. The third kappa shape index (κ3) is 3.39. The molecule has 9 nitrogen and oxygen atoms in total. The van der Waals surface area contributed by atoms with Gasteiger partial charge in [-0.25, -0.2) is 9.97 Å². The van der Waals surface area contributed by atoms with Crippen LogP contribution in [0.3, 0.4) is 0 Å². The normalized spacial score (nSPS) is 10.1. The van der Waals surface area contributed by atoms with Crippen molar-refractivity contribution in [1.82, 2.24) is 9.97 Å². The van der Waals surface area contributed by atoms with Crippen molar-refractivity contribution >= 4 is 23.0 Å². The highest BCUT2D eigenvalue weighted by Gasteiger charge is 2.25. The van der Waals surface area contributed by atoms with Crippen molar-refractivity contribution in [2.45, 2.75) is 0 Å². The van der Waals surface area contributed by atoms with Gasteiger partial charge in [0.15, 0.2) is 0 Å². The zero-order valence-electron chi connectivity index (χ0n) is 13.2. The van der Waals surface area contributed by atoms with Crippen LogP contribution in [-0.2, 0) is 0 Å². The van der Waals surface area contributed by atoms with Gasteiger partial charge in [-0.3, -0.25) is 10.1 Å². The average molecular weight is 319 g/mol. The third-order valence-electron chi connectivity index (χ3n) is 3.07. The number of nitrogens with one attached hydrogen (secondary N) is 1. The number of aromatic nitrogens is 2. The van der Waals surface area contributed by atoms with Crippen molar-refractivity contribution in [1.29, 1.82) is 0 Å². The van der Waals surface area contributed by atoms with Gasteiger partial charge < -0.3 is 19.7 Å². The largest absolute Gasteiger partial charge is 0.497 e. The van der Waals surface area contributed by atoms with Crippen LogP contribution in [0.1, 0.15) is 0 Å². The second-order valence-electron chi connectivity index (χ2n) is 4.74. The molecule has 1 N–H and O–H groups in total. The molecular weight excluding hydrogens is 302 g/mol. The number of nitro groups is 1. The maximum atomic E-state index is 11.4. The molecule has 2 rings (SSSR count). The lowest BCUT2D eigenvalue weighted by atomic mass is 10.2. The van der Waals surface area contributed by atoms with Gasteiger partial charge in [0, 0.05) is 20.2 Å². The van der Waals surface area contributed by atoms with Crippen molar-refractivity contribution in [2.75, 3.05) is 38.5 Å². The minimum atomic E-state index is -0.523. The molecule has 0 fully saturated rings. The van der Waals surface area contributed by atoms with Gasteiger partial charge in [-0.15, -0.1) is 0 Å². The maximum Gasteiger partial charge on any atom is 0.353 e. The van der Waals surface area contributed by atoms with E-state index < -0.39 is 4.92 Å². The van der Waals surface area contributed by atoms with Crippen LogP contribution >= 0.6 is 0 Å². The number of methoxy groups -OCH3 is 2. The van der Waals surface area contributed by atoms with Crippen molar-refractivity contribution in [3.05, 3.63) is 34.6 Å². The summed E-state index contributed by atoms with van der Waals surface area (Å²) in [5, 5.41) is 14.3. The van der Waals surface area contributed by atoms with E-state index in [0.29, 0.717) is 17.2 Å². The van der Waals surface area contributed by atoms with E-state index >= 15 is 0 Å². The van der Waals surface area contributed by atoms with Gasteiger partial charge in [0.2, 0.25) is 11.6 Å². The first kappa shape index (κ1) is 16.3. The monoisotopic (exact) mass is 319 g/mol. The lowest BCUT2D eigenvalue weighted by Crippen LogP contribution is -2.14. The smallest absolute Gasteiger partial charge is 0.353 e. The van der Waals surface area contributed by atoms with Crippen LogP contribution in [0.15, 0.2) is 24.5 Å². The average Bonchev–Trinajstić information content (AvgIpc) is 2.54. The summed E-state index contributed by atoms with van der Waals surface area (Å²) in [6.45, 7) is 0. The van der Waals surface area contributed by atoms with Crippen molar-refractivity contribution in [3.63, 3.8) is 0 Å². The number of anilines is 3. The van der Waals surface area contributed by atoms with Gasteiger partial charge in [-0.05, 0) is 12.1 Å². The molecule has 0 saturated heterocycles. The molecule has 0 unspecified atom stereocenters. The van der Waals surface area contributed by atoms with Crippen molar-refractivity contribution in [3.8, 4) is 11.5 Å². The van der Waals surface area contributed by atoms with Crippen LogP contribution in [0.25, 0.3) is 0 Å². The number of hydrogen-bond acceptors (Lipinski definition) is 8. The zero-order valence-corrected chi connectivity index (χ0v) is 13.2. The summed E-state index contributed by atoms with van der Waals surface area (Å²) in [5.74, 6) is 1.36. The van der Waals surface area contributed by atoms with Crippen LogP contribution in [-0.4, -0.2) is 43.2 Å². The number of hydrogen-bond donors (Lipinski definition) is 1. The van der Waals surface area contributed by atoms with Crippen molar-refractivity contribution < 1.29 is 14.4 Å². The Bertz CT molecular complexity index is 720. The zero-order chi connectivity index (χ0) is 17.0. The van der Waals surface area contributed by atoms with Gasteiger partial charge in [0.25, 0.3) is 0 Å². The van der Waals surface area contributed by atoms with Crippen LogP contribution < -0.4 is 19.7 Å². The molecular formula is C14H17N5O4. The highest BCUT2D eigenvalue weighted by Crippen LogP contribution is 2.36. The molecule has 23 heavy (non-hydrogen) atoms. The minimum absolute atomic E-state index is 0.0697. The Hall–Kier alpha value is -3.10. The maximum absolute atomic E-state index is 11.4. The Morgan fingerprint density at radius 3 is 2.52 bits per heavy atom. The van der Waals surface area contributed by atoms with Crippen LogP contribution in [0.5, 0.6) is 11.5 Å². The van der Waals surface area contributed by atoms with Gasteiger partial charge in [-0.2, -0.15) is 0 Å². The Balaban J connectivity index is 2.52. The molecule has 1 aromatic carbocycles. The van der Waals surface area contributed by atoms with E-state index in [1.165, 1.54) is 20.5 Å². The summed E-state index contributed by atoms with van der Waals surface area (Å²) in [5.41, 5.74) is 0.278. The lowest BCUT2D eigenvalue weighted by molar-refractivity contribution is -0.383. The van der Waals surface area contributed by atoms with Crippen molar-refractivity contribution in [2.24, 2.45) is 0 Å². The molecule has 1 heterocycles. The fourth-order valence-electron chi connectivity index (χ4n) is 2.00. The molecule has 0 aliphatic heterocycles. The number of rotatable bonds is 6. The number of benzene rings is 1. The van der Waals surface area contributed by atoms with E-state index in [1.54, 1.807) is 37.2 Å². The molecule has 0 bridgehead atoms. The van der Waals surface area contributed by atoms with Crippen LogP contribution in [0.4, 0.5) is 23.0 Å². The summed E-state index contributed by atoms with van der Waals surface area (Å²) in [6, 6.07) is 5.09. The first-order chi connectivity index (χ1) is 11.0. The summed E-state index contributed by atoms with van der Waals surface area (Å²) in [6.07, 6.45) is 1.26. The Morgan fingerprint density at radius 1 is 1.22 bits per heavy atom. The van der Waals surface area contributed by atoms with Gasteiger partial charge in [-0.1, -0.05) is 0 Å². The second kappa shape index (κ2) is 6.77. The first-order valence-electron chi connectivity index (χ1n) is 6.63. The Kier molecular flexibility index (Phi) is 4.79. The fourth-order valence-corrected chi connectivity index (χ4v) is 2.00. The fraction of sp³-hybridized carbons (Fsp3) is 0.286. The van der Waals surface area contributed by atoms with Crippen LogP contribution in [0.2, 0.25) is 0 Å². The van der Waals surface area contributed by atoms with E-state index in [2.05, 4.69) is 15.3 Å². The van der Waals surface area contributed by atoms with Gasteiger partial charge in [0.05, 0.1) is 24.8 Å². The minimum Gasteiger partial charge on any atom is -0.497 e. The van der Waals surface area contributed by atoms with E-state index in [0.717, 1.165) is 0 Å². The molecule has 122 valence electrons. The lowest BCUT2D eigenvalue weighted by Gasteiger charge is -2.15. The van der Waals surface area contributed by atoms with E-state index in [9.17, 15) is 10.1 Å². The predicted molar refractivity (Wildman–Crippen MR) is 85.8 cm³/mol. The Labute approximate surface area is 133 Å². The molecule has 0 saturated carbocycles. The number of nitrogens with zero attached hydrogens (tertiary/aromatic N) is 4. The van der Waals surface area contributed by atoms with Gasteiger partial charge in [0.1, 0.15) is 17.8 Å². The van der Waals surface area contributed by atoms with E-state index in [4.69, 9.17) is 9.47 Å². The summed E-state index contributed by atoms with van der Waals surface area (Å²) < 4.78 is 10.4. The summed E-state index contributed by atoms with van der Waals surface area (Å²) in [7, 11) is 6.38. The van der Waals surface area contributed by atoms with E-state index in [-0.39, 0.29) is 17.3 Å². The molecule has 0 radical (unpaired) electrons. The molecule has 0 amide bonds. The summed E-state index contributed by atoms with van der Waals surface area (Å²) >= 11 is 0. The van der Waals surface area contributed by atoms with Crippen LogP contribution in [0, 0.1) is 10.1 Å². The molecule has 0 aliphatic carbocycles. The molecule has 0 spiro atoms. The topological polar surface area (TPSA) is 103 Å². The highest BCUT2D eigenvalue weighted by atomic mass is 16.6. The first-order valence-corrected chi connectivity index (χ1v) is 6.63.